The largest absolute Gasteiger partial charge is 0.497 e. The van der Waals surface area contributed by atoms with Crippen molar-refractivity contribution in [2.24, 2.45) is 14.1 Å². The van der Waals surface area contributed by atoms with Gasteiger partial charge in [0, 0.05) is 38.8 Å². The lowest BCUT2D eigenvalue weighted by Gasteiger charge is -2.11. The van der Waals surface area contributed by atoms with E-state index in [9.17, 15) is 22.8 Å². The van der Waals surface area contributed by atoms with Crippen molar-refractivity contribution in [1.29, 1.82) is 0 Å². The third-order valence-electron chi connectivity index (χ3n) is 4.11. The zero-order chi connectivity index (χ0) is 20.9. The molecule has 0 spiro atoms. The lowest BCUT2D eigenvalue weighted by molar-refractivity contribution is -0.121. The number of ether oxygens (including phenoxy) is 1. The monoisotopic (exact) mass is 410 g/mol. The van der Waals surface area contributed by atoms with Gasteiger partial charge in [-0.1, -0.05) is 0 Å². The first-order chi connectivity index (χ1) is 13.2. The summed E-state index contributed by atoms with van der Waals surface area (Å²) >= 11 is 0. The van der Waals surface area contributed by atoms with Gasteiger partial charge < -0.3 is 10.1 Å². The van der Waals surface area contributed by atoms with Gasteiger partial charge in [0.1, 0.15) is 5.75 Å². The molecule has 0 aliphatic heterocycles. The Balaban J connectivity index is 1.89. The van der Waals surface area contributed by atoms with E-state index in [1.54, 1.807) is 0 Å². The molecule has 11 heteroatoms. The molecule has 2 aromatic rings. The number of carbonyl (C=O) groups is 1. The zero-order valence-corrected chi connectivity index (χ0v) is 16.6. The predicted molar refractivity (Wildman–Crippen MR) is 102 cm³/mol. The molecule has 0 saturated carbocycles. The molecule has 0 unspecified atom stereocenters. The van der Waals surface area contributed by atoms with E-state index in [1.807, 2.05) is 0 Å². The van der Waals surface area contributed by atoms with Crippen molar-refractivity contribution in [3.8, 4) is 5.75 Å². The summed E-state index contributed by atoms with van der Waals surface area (Å²) in [6, 6.07) is 7.11. The van der Waals surface area contributed by atoms with Crippen LogP contribution in [0, 0.1) is 0 Å². The van der Waals surface area contributed by atoms with Gasteiger partial charge in [0.05, 0.1) is 18.6 Å². The van der Waals surface area contributed by atoms with Crippen LogP contribution in [0.2, 0.25) is 0 Å². The van der Waals surface area contributed by atoms with E-state index in [0.717, 1.165) is 4.57 Å². The second-order valence-corrected chi connectivity index (χ2v) is 7.74. The predicted octanol–water partition coefficient (Wildman–Crippen LogP) is -0.923. The summed E-state index contributed by atoms with van der Waals surface area (Å²) in [5.74, 6) is 0.106. The lowest BCUT2D eigenvalue weighted by Crippen LogP contribution is -2.39. The highest BCUT2D eigenvalue weighted by Crippen LogP contribution is 2.15. The summed E-state index contributed by atoms with van der Waals surface area (Å²) in [5, 5.41) is 2.56. The van der Waals surface area contributed by atoms with Crippen molar-refractivity contribution in [3.05, 3.63) is 56.9 Å². The Bertz CT molecular complexity index is 1070. The zero-order valence-electron chi connectivity index (χ0n) is 15.8. The van der Waals surface area contributed by atoms with Crippen molar-refractivity contribution in [1.82, 2.24) is 19.2 Å². The maximum absolute atomic E-state index is 12.2. The standard InChI is InChI=1S/C17H22N4O6S/c1-20-12(10-16(23)21(2)17(20)24)11-18-15(22)8-9-19-28(25,26)14-6-4-13(27-3)5-7-14/h4-7,10,19H,8-9,11H2,1-3H3,(H,18,22). The minimum absolute atomic E-state index is 0.0219. The number of hydrogen-bond donors (Lipinski definition) is 2. The van der Waals surface area contributed by atoms with Crippen LogP contribution < -0.4 is 26.0 Å². The highest BCUT2D eigenvalue weighted by Gasteiger charge is 2.14. The van der Waals surface area contributed by atoms with Gasteiger partial charge in [0.15, 0.2) is 0 Å². The average molecular weight is 410 g/mol. The summed E-state index contributed by atoms with van der Waals surface area (Å²) in [4.78, 5) is 35.5. The molecule has 0 radical (unpaired) electrons. The van der Waals surface area contributed by atoms with Gasteiger partial charge >= 0.3 is 5.69 Å². The van der Waals surface area contributed by atoms with E-state index in [2.05, 4.69) is 10.0 Å². The van der Waals surface area contributed by atoms with Crippen molar-refractivity contribution < 1.29 is 17.9 Å². The molecule has 1 heterocycles. The minimum atomic E-state index is -3.75. The van der Waals surface area contributed by atoms with Gasteiger partial charge in [0.25, 0.3) is 5.56 Å². The fraction of sp³-hybridized carbons (Fsp3) is 0.353. The fourth-order valence-corrected chi connectivity index (χ4v) is 3.39. The van der Waals surface area contributed by atoms with Crippen LogP contribution >= 0.6 is 0 Å². The molecule has 2 N–H and O–H groups in total. The van der Waals surface area contributed by atoms with Crippen LogP contribution in [0.5, 0.6) is 5.75 Å². The van der Waals surface area contributed by atoms with Crippen molar-refractivity contribution in [3.63, 3.8) is 0 Å². The van der Waals surface area contributed by atoms with Gasteiger partial charge in [-0.2, -0.15) is 0 Å². The molecule has 1 aromatic carbocycles. The Labute approximate surface area is 161 Å². The second kappa shape index (κ2) is 8.85. The van der Waals surface area contributed by atoms with Gasteiger partial charge in [-0.3, -0.25) is 18.7 Å². The van der Waals surface area contributed by atoms with E-state index in [-0.39, 0.29) is 24.4 Å². The Morgan fingerprint density at radius 2 is 1.75 bits per heavy atom. The number of nitrogens with one attached hydrogen (secondary N) is 2. The number of methoxy groups -OCH3 is 1. The highest BCUT2D eigenvalue weighted by molar-refractivity contribution is 7.89. The minimum Gasteiger partial charge on any atom is -0.497 e. The van der Waals surface area contributed by atoms with E-state index >= 15 is 0 Å². The first-order valence-electron chi connectivity index (χ1n) is 8.32. The molecule has 152 valence electrons. The van der Waals surface area contributed by atoms with Crippen LogP contribution in [-0.4, -0.2) is 37.1 Å². The van der Waals surface area contributed by atoms with Crippen LogP contribution in [-0.2, 0) is 35.5 Å². The lowest BCUT2D eigenvalue weighted by atomic mass is 10.3. The van der Waals surface area contributed by atoms with Crippen LogP contribution in [0.1, 0.15) is 12.1 Å². The summed E-state index contributed by atoms with van der Waals surface area (Å²) in [6.45, 7) is -0.123. The molecule has 0 fully saturated rings. The number of aromatic nitrogens is 2. The molecule has 0 aliphatic rings. The van der Waals surface area contributed by atoms with Gasteiger partial charge in [-0.15, -0.1) is 0 Å². The number of nitrogens with zero attached hydrogens (tertiary/aromatic N) is 2. The Morgan fingerprint density at radius 1 is 1.11 bits per heavy atom. The molecule has 0 atom stereocenters. The maximum atomic E-state index is 12.2. The average Bonchev–Trinajstić information content (AvgIpc) is 2.68. The number of hydrogen-bond acceptors (Lipinski definition) is 6. The number of rotatable bonds is 8. The van der Waals surface area contributed by atoms with Crippen LogP contribution in [0.3, 0.4) is 0 Å². The quantitative estimate of drug-likeness (QED) is 0.579. The molecular formula is C17H22N4O6S. The summed E-state index contributed by atoms with van der Waals surface area (Å²) in [6.07, 6.45) is -0.103. The number of carbonyl (C=O) groups excluding carboxylic acids is 1. The Hall–Kier alpha value is -2.92. The molecule has 1 aromatic heterocycles. The Kier molecular flexibility index (Phi) is 6.75. The van der Waals surface area contributed by atoms with Gasteiger partial charge in [-0.05, 0) is 24.3 Å². The third-order valence-corrected chi connectivity index (χ3v) is 5.58. The highest BCUT2D eigenvalue weighted by atomic mass is 32.2. The topological polar surface area (TPSA) is 128 Å². The van der Waals surface area contributed by atoms with Crippen LogP contribution in [0.25, 0.3) is 0 Å². The molecule has 10 nitrogen and oxygen atoms in total. The fourth-order valence-electron chi connectivity index (χ4n) is 2.36. The van der Waals surface area contributed by atoms with Crippen molar-refractivity contribution in [2.45, 2.75) is 17.9 Å². The van der Waals surface area contributed by atoms with Gasteiger partial charge in [0.2, 0.25) is 15.9 Å². The molecule has 2 rings (SSSR count). The van der Waals surface area contributed by atoms with Gasteiger partial charge in [-0.25, -0.2) is 17.9 Å². The molecule has 1 amide bonds. The number of benzene rings is 1. The number of amides is 1. The van der Waals surface area contributed by atoms with Crippen LogP contribution in [0.4, 0.5) is 0 Å². The van der Waals surface area contributed by atoms with E-state index in [4.69, 9.17) is 4.74 Å². The molecule has 0 bridgehead atoms. The molecule has 0 saturated heterocycles. The summed E-state index contributed by atoms with van der Waals surface area (Å²) in [5.41, 5.74) is -0.621. The first-order valence-corrected chi connectivity index (χ1v) is 9.80. The van der Waals surface area contributed by atoms with Crippen LogP contribution in [0.15, 0.2) is 44.8 Å². The van der Waals surface area contributed by atoms with Crippen molar-refractivity contribution >= 4 is 15.9 Å². The smallest absolute Gasteiger partial charge is 0.330 e. The number of sulfonamides is 1. The SMILES string of the molecule is COc1ccc(S(=O)(=O)NCCC(=O)NCc2cc(=O)n(C)c(=O)n2C)cc1. The van der Waals surface area contributed by atoms with Crippen molar-refractivity contribution in [2.75, 3.05) is 13.7 Å². The normalized spacial score (nSPS) is 11.2. The molecule has 0 aliphatic carbocycles. The summed E-state index contributed by atoms with van der Waals surface area (Å²) < 4.78 is 33.9. The molecular weight excluding hydrogens is 388 g/mol. The van der Waals surface area contributed by atoms with E-state index in [1.165, 1.54) is 56.1 Å². The molecule has 28 heavy (non-hydrogen) atoms. The third kappa shape index (κ3) is 5.08. The van der Waals surface area contributed by atoms with E-state index in [0.29, 0.717) is 11.4 Å². The van der Waals surface area contributed by atoms with E-state index < -0.39 is 27.2 Å². The second-order valence-electron chi connectivity index (χ2n) is 5.97. The maximum Gasteiger partial charge on any atom is 0.330 e. The first kappa shape index (κ1) is 21.4. The Morgan fingerprint density at radius 3 is 2.36 bits per heavy atom. The summed E-state index contributed by atoms with van der Waals surface area (Å²) in [7, 11) is 0.587.